The van der Waals surface area contributed by atoms with E-state index in [1.54, 1.807) is 0 Å². The van der Waals surface area contributed by atoms with Crippen molar-refractivity contribution in [3.8, 4) is 0 Å². The average molecular weight is 466 g/mol. The number of hydrogen-bond donors (Lipinski definition) is 2. The second-order valence-corrected chi connectivity index (χ2v) is 8.73. The van der Waals surface area contributed by atoms with Gasteiger partial charge in [-0.25, -0.2) is 17.8 Å². The highest BCUT2D eigenvalue weighted by Crippen LogP contribution is 2.35. The number of nitrogens with one attached hydrogen (secondary N) is 1. The molecule has 2 aromatic rings. The molecule has 0 spiro atoms. The quantitative estimate of drug-likeness (QED) is 0.533. The molecule has 2 rings (SSSR count). The Kier molecular flexibility index (Phi) is 4.59. The number of hydrogen-bond acceptors (Lipinski definition) is 5. The molecule has 0 aliphatic heterocycles. The van der Waals surface area contributed by atoms with Gasteiger partial charge in [0.1, 0.15) is 4.90 Å². The fourth-order valence-electron chi connectivity index (χ4n) is 1.27. The summed E-state index contributed by atoms with van der Waals surface area (Å²) in [7, 11) is -4.18. The number of thiazole rings is 1. The molecule has 20 heavy (non-hydrogen) atoms. The molecule has 3 N–H and O–H groups in total. The number of nitrogens with two attached hydrogens (primary N) is 1. The van der Waals surface area contributed by atoms with E-state index in [0.717, 1.165) is 17.4 Å². The second kappa shape index (κ2) is 5.76. The van der Waals surface area contributed by atoms with E-state index < -0.39 is 20.7 Å². The van der Waals surface area contributed by atoms with Crippen molar-refractivity contribution in [2.45, 2.75) is 4.90 Å². The highest BCUT2D eigenvalue weighted by atomic mass is 79.9. The zero-order valence-electron chi connectivity index (χ0n) is 9.32. The van der Waals surface area contributed by atoms with Crippen molar-refractivity contribution in [1.29, 1.82) is 0 Å². The molecule has 11 heteroatoms. The number of nitrogens with zero attached hydrogens (tertiary/aromatic N) is 1. The lowest BCUT2D eigenvalue weighted by Crippen LogP contribution is -2.15. The lowest BCUT2D eigenvalue weighted by atomic mass is 10.3. The van der Waals surface area contributed by atoms with E-state index in [0.29, 0.717) is 3.79 Å². The molecule has 0 saturated carbocycles. The van der Waals surface area contributed by atoms with Gasteiger partial charge in [-0.1, -0.05) is 22.9 Å². The Bertz CT molecular complexity index is 782. The SMILES string of the molecule is Nc1c(F)c(S(=O)(=O)Nc2ncc(Br)s2)cc(Cl)c1Br. The number of sulfonamides is 1. The molecule has 0 aliphatic rings. The van der Waals surface area contributed by atoms with Crippen LogP contribution in [0.25, 0.3) is 0 Å². The summed E-state index contributed by atoms with van der Waals surface area (Å²) in [6, 6.07) is 0.975. The van der Waals surface area contributed by atoms with Crippen LogP contribution in [-0.2, 0) is 10.0 Å². The Morgan fingerprint density at radius 1 is 1.45 bits per heavy atom. The van der Waals surface area contributed by atoms with E-state index in [4.69, 9.17) is 17.3 Å². The van der Waals surface area contributed by atoms with Crippen molar-refractivity contribution in [2.75, 3.05) is 10.5 Å². The van der Waals surface area contributed by atoms with Crippen molar-refractivity contribution < 1.29 is 12.8 Å². The molecule has 1 heterocycles. The monoisotopic (exact) mass is 463 g/mol. The lowest BCUT2D eigenvalue weighted by Gasteiger charge is -2.10. The summed E-state index contributed by atoms with van der Waals surface area (Å²) in [5, 5.41) is 0.0819. The molecule has 1 aromatic carbocycles. The number of anilines is 2. The van der Waals surface area contributed by atoms with Gasteiger partial charge in [0.2, 0.25) is 0 Å². The first-order valence-corrected chi connectivity index (χ1v) is 9.06. The Labute approximate surface area is 139 Å². The summed E-state index contributed by atoms with van der Waals surface area (Å²) in [4.78, 5) is 3.16. The summed E-state index contributed by atoms with van der Waals surface area (Å²) < 4.78 is 41.1. The van der Waals surface area contributed by atoms with Gasteiger partial charge < -0.3 is 5.73 Å². The van der Waals surface area contributed by atoms with Gasteiger partial charge >= 0.3 is 0 Å². The van der Waals surface area contributed by atoms with Crippen LogP contribution in [0.2, 0.25) is 5.02 Å². The Morgan fingerprint density at radius 3 is 2.65 bits per heavy atom. The lowest BCUT2D eigenvalue weighted by molar-refractivity contribution is 0.572. The molecule has 0 saturated heterocycles. The molecule has 0 atom stereocenters. The van der Waals surface area contributed by atoms with Crippen LogP contribution in [0.15, 0.2) is 25.4 Å². The summed E-state index contributed by atoms with van der Waals surface area (Å²) >= 11 is 13.0. The molecule has 0 bridgehead atoms. The number of aromatic nitrogens is 1. The molecule has 0 fully saturated rings. The molecular weight excluding hydrogens is 461 g/mol. The van der Waals surface area contributed by atoms with E-state index in [1.807, 2.05) is 0 Å². The molecule has 5 nitrogen and oxygen atoms in total. The van der Waals surface area contributed by atoms with Crippen LogP contribution in [0.5, 0.6) is 0 Å². The minimum absolute atomic E-state index is 0.00963. The summed E-state index contributed by atoms with van der Waals surface area (Å²) in [6.07, 6.45) is 1.42. The van der Waals surface area contributed by atoms with E-state index in [2.05, 4.69) is 41.6 Å². The van der Waals surface area contributed by atoms with Crippen molar-refractivity contribution in [3.63, 3.8) is 0 Å². The molecule has 0 amide bonds. The van der Waals surface area contributed by atoms with Crippen LogP contribution in [0, 0.1) is 5.82 Å². The molecule has 0 radical (unpaired) electrons. The van der Waals surface area contributed by atoms with E-state index >= 15 is 0 Å². The topological polar surface area (TPSA) is 85.1 Å². The third-order valence-electron chi connectivity index (χ3n) is 2.15. The van der Waals surface area contributed by atoms with Gasteiger partial charge in [-0.2, -0.15) is 0 Å². The van der Waals surface area contributed by atoms with Crippen LogP contribution in [0.4, 0.5) is 15.2 Å². The van der Waals surface area contributed by atoms with Crippen LogP contribution in [0.3, 0.4) is 0 Å². The first-order chi connectivity index (χ1) is 9.22. The third kappa shape index (κ3) is 3.08. The van der Waals surface area contributed by atoms with Crippen molar-refractivity contribution in [2.24, 2.45) is 0 Å². The zero-order chi connectivity index (χ0) is 15.1. The van der Waals surface area contributed by atoms with Gasteiger partial charge in [0.05, 0.1) is 25.2 Å². The highest BCUT2D eigenvalue weighted by Gasteiger charge is 2.25. The standard InChI is InChI=1S/C9H5Br2ClFN3O2S2/c10-5-2-15-9(19-5)16-20(17,18)4-1-3(12)6(11)8(14)7(4)13/h1-2H,14H2,(H,15,16). The van der Waals surface area contributed by atoms with Gasteiger partial charge in [0.25, 0.3) is 10.0 Å². The van der Waals surface area contributed by atoms with Gasteiger partial charge in [-0.3, -0.25) is 4.72 Å². The second-order valence-electron chi connectivity index (χ2n) is 3.47. The van der Waals surface area contributed by atoms with Gasteiger partial charge in [0, 0.05) is 0 Å². The fraction of sp³-hybridized carbons (Fsp3) is 0. The van der Waals surface area contributed by atoms with E-state index in [1.165, 1.54) is 6.20 Å². The first kappa shape index (κ1) is 16.0. The van der Waals surface area contributed by atoms with Crippen LogP contribution in [-0.4, -0.2) is 13.4 Å². The normalized spacial score (nSPS) is 11.6. The highest BCUT2D eigenvalue weighted by molar-refractivity contribution is 9.11. The van der Waals surface area contributed by atoms with Crippen LogP contribution in [0.1, 0.15) is 0 Å². The van der Waals surface area contributed by atoms with Gasteiger partial charge in [-0.05, 0) is 37.9 Å². The largest absolute Gasteiger partial charge is 0.395 e. The maximum absolute atomic E-state index is 14.0. The summed E-state index contributed by atoms with van der Waals surface area (Å²) in [6.45, 7) is 0. The maximum atomic E-state index is 14.0. The Balaban J connectivity index is 2.50. The summed E-state index contributed by atoms with van der Waals surface area (Å²) in [5.41, 5.74) is 5.08. The number of rotatable bonds is 3. The van der Waals surface area contributed by atoms with Gasteiger partial charge in [-0.15, -0.1) is 0 Å². The summed E-state index contributed by atoms with van der Waals surface area (Å²) in [5.74, 6) is -1.08. The van der Waals surface area contributed by atoms with Crippen LogP contribution < -0.4 is 10.5 Å². The Morgan fingerprint density at radius 2 is 2.10 bits per heavy atom. The fourth-order valence-corrected chi connectivity index (χ4v) is 4.30. The molecular formula is C9H5Br2ClFN3O2S2. The maximum Gasteiger partial charge on any atom is 0.266 e. The molecule has 1 aromatic heterocycles. The zero-order valence-corrected chi connectivity index (χ0v) is 14.9. The predicted octanol–water partition coefficient (Wildman–Crippen LogP) is 3.84. The number of halogens is 4. The van der Waals surface area contributed by atoms with Crippen molar-refractivity contribution in [3.05, 3.63) is 31.4 Å². The van der Waals surface area contributed by atoms with E-state index in [-0.39, 0.29) is 20.3 Å². The smallest absolute Gasteiger partial charge is 0.266 e. The predicted molar refractivity (Wildman–Crippen MR) is 84.1 cm³/mol. The number of nitrogen functional groups attached to an aromatic ring is 1. The average Bonchev–Trinajstić information content (AvgIpc) is 2.75. The first-order valence-electron chi connectivity index (χ1n) is 4.79. The molecule has 108 valence electrons. The van der Waals surface area contributed by atoms with Crippen LogP contribution >= 0.6 is 54.8 Å². The van der Waals surface area contributed by atoms with Gasteiger partial charge in [0.15, 0.2) is 10.9 Å². The Hall–Kier alpha value is -0.420. The molecule has 0 aliphatic carbocycles. The third-order valence-corrected chi connectivity index (χ3v) is 6.39. The number of benzene rings is 1. The van der Waals surface area contributed by atoms with Crippen molar-refractivity contribution >= 4 is 75.6 Å². The molecule has 0 unspecified atom stereocenters. The van der Waals surface area contributed by atoms with Crippen molar-refractivity contribution in [1.82, 2.24) is 4.98 Å². The minimum Gasteiger partial charge on any atom is -0.395 e. The minimum atomic E-state index is -4.18. The van der Waals surface area contributed by atoms with E-state index in [9.17, 15) is 12.8 Å².